The second-order valence-corrected chi connectivity index (χ2v) is 5.82. The van der Waals surface area contributed by atoms with E-state index in [2.05, 4.69) is 32.4 Å². The number of hydrogen-bond donors (Lipinski definition) is 0. The standard InChI is InChI=1S/C14H12ClIN2O3/c1-3-8-7-18(11-5-4-9(15)6-10(11)16)17-12(13(8)19)14(20)21-2/h4-7H,3H2,1-2H3. The summed E-state index contributed by atoms with van der Waals surface area (Å²) in [5.41, 5.74) is 0.614. The van der Waals surface area contributed by atoms with Crippen molar-refractivity contribution in [2.24, 2.45) is 0 Å². The lowest BCUT2D eigenvalue weighted by Gasteiger charge is -2.11. The summed E-state index contributed by atoms with van der Waals surface area (Å²) in [6.45, 7) is 1.84. The third-order valence-corrected chi connectivity index (χ3v) is 4.01. The molecule has 0 aliphatic carbocycles. The maximum atomic E-state index is 12.1. The molecule has 21 heavy (non-hydrogen) atoms. The summed E-state index contributed by atoms with van der Waals surface area (Å²) >= 11 is 8.05. The molecule has 0 aliphatic heterocycles. The Bertz CT molecular complexity index is 758. The molecule has 1 aromatic heterocycles. The fraction of sp³-hybridized carbons (Fsp3) is 0.214. The summed E-state index contributed by atoms with van der Waals surface area (Å²) in [5.74, 6) is -0.743. The van der Waals surface area contributed by atoms with Gasteiger partial charge < -0.3 is 4.74 Å². The van der Waals surface area contributed by atoms with Crippen LogP contribution in [0.25, 0.3) is 5.69 Å². The number of carbonyl (C=O) groups excluding carboxylic acids is 1. The van der Waals surface area contributed by atoms with Gasteiger partial charge in [0.15, 0.2) is 0 Å². The molecule has 1 heterocycles. The summed E-state index contributed by atoms with van der Waals surface area (Å²) in [6, 6.07) is 5.28. The molecule has 0 fully saturated rings. The molecule has 2 rings (SSSR count). The third kappa shape index (κ3) is 3.26. The van der Waals surface area contributed by atoms with Crippen LogP contribution in [0.5, 0.6) is 0 Å². The molecular weight excluding hydrogens is 407 g/mol. The van der Waals surface area contributed by atoms with Gasteiger partial charge in [0.2, 0.25) is 11.1 Å². The number of halogens is 2. The highest BCUT2D eigenvalue weighted by Crippen LogP contribution is 2.21. The number of hydrogen-bond acceptors (Lipinski definition) is 4. The van der Waals surface area contributed by atoms with E-state index in [0.717, 1.165) is 9.26 Å². The molecule has 0 N–H and O–H groups in total. The first-order valence-corrected chi connectivity index (χ1v) is 7.60. The molecule has 0 saturated carbocycles. The van der Waals surface area contributed by atoms with Gasteiger partial charge >= 0.3 is 5.97 Å². The van der Waals surface area contributed by atoms with E-state index in [1.54, 1.807) is 24.4 Å². The maximum Gasteiger partial charge on any atom is 0.362 e. The van der Waals surface area contributed by atoms with E-state index in [4.69, 9.17) is 11.6 Å². The quantitative estimate of drug-likeness (QED) is 0.568. The van der Waals surface area contributed by atoms with Gasteiger partial charge in [0.1, 0.15) is 0 Å². The van der Waals surface area contributed by atoms with Crippen LogP contribution < -0.4 is 5.43 Å². The van der Waals surface area contributed by atoms with E-state index in [-0.39, 0.29) is 5.69 Å². The topological polar surface area (TPSA) is 61.2 Å². The SMILES string of the molecule is CCc1cn(-c2ccc(Cl)cc2I)nc(C(=O)OC)c1=O. The molecule has 0 amide bonds. The predicted molar refractivity (Wildman–Crippen MR) is 88.3 cm³/mol. The van der Waals surface area contributed by atoms with E-state index >= 15 is 0 Å². The van der Waals surface area contributed by atoms with Gasteiger partial charge in [-0.15, -0.1) is 0 Å². The molecular formula is C14H12ClIN2O3. The first kappa shape index (κ1) is 16.0. The molecule has 0 atom stereocenters. The van der Waals surface area contributed by atoms with Crippen molar-refractivity contribution in [3.63, 3.8) is 0 Å². The molecule has 0 saturated heterocycles. The Balaban J connectivity index is 2.69. The Labute approximate surface area is 140 Å². The van der Waals surface area contributed by atoms with Crippen LogP contribution >= 0.6 is 34.2 Å². The largest absolute Gasteiger partial charge is 0.464 e. The van der Waals surface area contributed by atoms with Crippen LogP contribution in [0.2, 0.25) is 5.02 Å². The molecule has 0 aliphatic rings. The fourth-order valence-corrected chi connectivity index (χ4v) is 2.93. The Hall–Kier alpha value is -1.41. The van der Waals surface area contributed by atoms with Crippen molar-refractivity contribution in [2.45, 2.75) is 13.3 Å². The number of rotatable bonds is 3. The number of ether oxygens (including phenoxy) is 1. The molecule has 1 aromatic carbocycles. The summed E-state index contributed by atoms with van der Waals surface area (Å²) < 4.78 is 6.98. The van der Waals surface area contributed by atoms with Crippen LogP contribution in [-0.4, -0.2) is 22.9 Å². The predicted octanol–water partition coefficient (Wildman–Crippen LogP) is 2.84. The average Bonchev–Trinajstić information content (AvgIpc) is 2.47. The van der Waals surface area contributed by atoms with Gasteiger partial charge in [-0.2, -0.15) is 5.10 Å². The third-order valence-electron chi connectivity index (χ3n) is 2.91. The minimum atomic E-state index is -0.743. The lowest BCUT2D eigenvalue weighted by molar-refractivity contribution is 0.0590. The van der Waals surface area contributed by atoms with Crippen LogP contribution in [0, 0.1) is 3.57 Å². The van der Waals surface area contributed by atoms with Crippen molar-refractivity contribution in [3.8, 4) is 5.69 Å². The van der Waals surface area contributed by atoms with E-state index in [0.29, 0.717) is 17.0 Å². The Morgan fingerprint density at radius 3 is 2.76 bits per heavy atom. The normalized spacial score (nSPS) is 10.5. The number of nitrogens with zero attached hydrogens (tertiary/aromatic N) is 2. The number of esters is 1. The van der Waals surface area contributed by atoms with Crippen molar-refractivity contribution >= 4 is 40.2 Å². The van der Waals surface area contributed by atoms with Crippen LogP contribution in [0.1, 0.15) is 23.0 Å². The second kappa shape index (κ2) is 6.57. The molecule has 7 heteroatoms. The van der Waals surface area contributed by atoms with Gasteiger partial charge in [-0.25, -0.2) is 9.48 Å². The number of carbonyl (C=O) groups is 1. The van der Waals surface area contributed by atoms with Crippen LogP contribution in [0.4, 0.5) is 0 Å². The van der Waals surface area contributed by atoms with E-state index in [1.807, 2.05) is 6.92 Å². The number of aromatic nitrogens is 2. The summed E-state index contributed by atoms with van der Waals surface area (Å²) in [6.07, 6.45) is 2.12. The van der Waals surface area contributed by atoms with Gasteiger partial charge in [-0.3, -0.25) is 4.79 Å². The van der Waals surface area contributed by atoms with Crippen molar-refractivity contribution in [1.29, 1.82) is 0 Å². The van der Waals surface area contributed by atoms with Gasteiger partial charge in [-0.1, -0.05) is 18.5 Å². The monoisotopic (exact) mass is 418 g/mol. The number of methoxy groups -OCH3 is 1. The van der Waals surface area contributed by atoms with Crippen LogP contribution in [0.3, 0.4) is 0 Å². The molecule has 0 spiro atoms. The van der Waals surface area contributed by atoms with Crippen molar-refractivity contribution in [1.82, 2.24) is 9.78 Å². The van der Waals surface area contributed by atoms with Gasteiger partial charge in [0.05, 0.1) is 12.8 Å². The highest BCUT2D eigenvalue weighted by molar-refractivity contribution is 14.1. The zero-order valence-electron chi connectivity index (χ0n) is 11.4. The second-order valence-electron chi connectivity index (χ2n) is 4.22. The molecule has 0 radical (unpaired) electrons. The molecule has 2 aromatic rings. The highest BCUT2D eigenvalue weighted by atomic mass is 127. The molecule has 110 valence electrons. The summed E-state index contributed by atoms with van der Waals surface area (Å²) in [7, 11) is 1.22. The number of aryl methyl sites for hydroxylation is 1. The van der Waals surface area contributed by atoms with Crippen LogP contribution in [0.15, 0.2) is 29.2 Å². The lowest BCUT2D eigenvalue weighted by Crippen LogP contribution is -2.25. The first-order chi connectivity index (χ1) is 9.97. The lowest BCUT2D eigenvalue weighted by atomic mass is 10.2. The number of benzene rings is 1. The zero-order chi connectivity index (χ0) is 15.6. The Morgan fingerprint density at radius 1 is 1.48 bits per heavy atom. The zero-order valence-corrected chi connectivity index (χ0v) is 14.3. The summed E-state index contributed by atoms with van der Waals surface area (Å²) in [4.78, 5) is 23.8. The smallest absolute Gasteiger partial charge is 0.362 e. The van der Waals surface area contributed by atoms with Crippen molar-refractivity contribution < 1.29 is 9.53 Å². The highest BCUT2D eigenvalue weighted by Gasteiger charge is 2.17. The Kier molecular flexibility index (Phi) is 5.00. The molecule has 0 unspecified atom stereocenters. The van der Waals surface area contributed by atoms with E-state index in [9.17, 15) is 9.59 Å². The average molecular weight is 419 g/mol. The van der Waals surface area contributed by atoms with Gasteiger partial charge in [-0.05, 0) is 47.2 Å². The van der Waals surface area contributed by atoms with E-state index < -0.39 is 11.4 Å². The molecule has 5 nitrogen and oxygen atoms in total. The van der Waals surface area contributed by atoms with Crippen LogP contribution in [-0.2, 0) is 11.2 Å². The van der Waals surface area contributed by atoms with Gasteiger partial charge in [0, 0.05) is 20.4 Å². The summed E-state index contributed by atoms with van der Waals surface area (Å²) in [5, 5.41) is 4.70. The Morgan fingerprint density at radius 2 is 2.19 bits per heavy atom. The fourth-order valence-electron chi connectivity index (χ4n) is 1.81. The van der Waals surface area contributed by atoms with E-state index in [1.165, 1.54) is 11.8 Å². The molecule has 0 bridgehead atoms. The van der Waals surface area contributed by atoms with Crippen molar-refractivity contribution in [2.75, 3.05) is 7.11 Å². The first-order valence-electron chi connectivity index (χ1n) is 6.14. The minimum Gasteiger partial charge on any atom is -0.464 e. The maximum absolute atomic E-state index is 12.1. The van der Waals surface area contributed by atoms with Crippen molar-refractivity contribution in [3.05, 3.63) is 54.5 Å². The van der Waals surface area contributed by atoms with Gasteiger partial charge in [0.25, 0.3) is 0 Å². The minimum absolute atomic E-state index is 0.220.